The molecule has 11 aromatic carbocycles. The van der Waals surface area contributed by atoms with Gasteiger partial charge in [0, 0.05) is 32.7 Å². The third kappa shape index (κ3) is 4.70. The smallest absolute Gasteiger partial charge is 0.143 e. The van der Waals surface area contributed by atoms with Crippen LogP contribution in [0.1, 0.15) is 0 Å². The summed E-state index contributed by atoms with van der Waals surface area (Å²) >= 11 is 0. The van der Waals surface area contributed by atoms with Crippen molar-refractivity contribution in [1.29, 1.82) is 0 Å². The molecule has 0 saturated heterocycles. The van der Waals surface area contributed by atoms with Crippen LogP contribution >= 0.6 is 0 Å². The van der Waals surface area contributed by atoms with Gasteiger partial charge in [-0.1, -0.05) is 182 Å². The van der Waals surface area contributed by atoms with Crippen molar-refractivity contribution in [3.05, 3.63) is 206 Å². The Bertz CT molecular complexity index is 3770. The van der Waals surface area contributed by atoms with Crippen molar-refractivity contribution in [2.75, 3.05) is 0 Å². The molecule has 0 aliphatic heterocycles. The van der Waals surface area contributed by atoms with E-state index in [1.165, 1.54) is 76.5 Å². The first kappa shape index (κ1) is 33.1. The monoisotopic (exact) mass is 762 g/mol. The Labute approximate surface area is 345 Å². The van der Waals surface area contributed by atoms with Crippen LogP contribution in [0.25, 0.3) is 131 Å². The van der Waals surface area contributed by atoms with E-state index in [4.69, 9.17) is 8.83 Å². The molecule has 13 aromatic rings. The minimum absolute atomic E-state index is 0.874. The van der Waals surface area contributed by atoms with E-state index in [0.717, 1.165) is 55.0 Å². The van der Waals surface area contributed by atoms with Crippen LogP contribution in [0.3, 0.4) is 0 Å². The van der Waals surface area contributed by atoms with Gasteiger partial charge in [-0.25, -0.2) is 0 Å². The summed E-state index contributed by atoms with van der Waals surface area (Å²) in [5, 5.41) is 14.2. The predicted octanol–water partition coefficient (Wildman–Crippen LogP) is 16.8. The summed E-state index contributed by atoms with van der Waals surface area (Å²) in [5.74, 6) is 0. The summed E-state index contributed by atoms with van der Waals surface area (Å²) in [7, 11) is 0. The molecule has 0 radical (unpaired) electrons. The lowest BCUT2D eigenvalue weighted by atomic mass is 9.84. The highest BCUT2D eigenvalue weighted by Gasteiger charge is 2.24. The Kier molecular flexibility index (Phi) is 7.05. The van der Waals surface area contributed by atoms with Crippen molar-refractivity contribution in [3.8, 4) is 44.5 Å². The Balaban J connectivity index is 1.09. The van der Waals surface area contributed by atoms with Gasteiger partial charge in [0.25, 0.3) is 0 Å². The van der Waals surface area contributed by atoms with Crippen LogP contribution < -0.4 is 0 Å². The fourth-order valence-corrected chi connectivity index (χ4v) is 10.2. The van der Waals surface area contributed by atoms with Crippen LogP contribution in [0, 0.1) is 0 Å². The summed E-state index contributed by atoms with van der Waals surface area (Å²) in [6, 6.07) is 74.4. The molecule has 2 heterocycles. The van der Waals surface area contributed by atoms with Gasteiger partial charge in [0.15, 0.2) is 0 Å². The van der Waals surface area contributed by atoms with Gasteiger partial charge < -0.3 is 8.83 Å². The van der Waals surface area contributed by atoms with Crippen LogP contribution in [0.15, 0.2) is 215 Å². The molecule has 0 unspecified atom stereocenters. The fourth-order valence-electron chi connectivity index (χ4n) is 10.2. The van der Waals surface area contributed by atoms with Gasteiger partial charge in [0.1, 0.15) is 22.3 Å². The normalized spacial score (nSPS) is 12.0. The number of furan rings is 2. The van der Waals surface area contributed by atoms with Gasteiger partial charge in [-0.3, -0.25) is 0 Å². The molecule has 0 N–H and O–H groups in total. The van der Waals surface area contributed by atoms with Crippen LogP contribution in [0.2, 0.25) is 0 Å². The number of benzene rings is 11. The van der Waals surface area contributed by atoms with Crippen molar-refractivity contribution in [2.45, 2.75) is 0 Å². The third-order valence-electron chi connectivity index (χ3n) is 12.7. The standard InChI is InChI=1S/C58H34O2/c1-2-16-35(17-3-1)53-38-19-4-10-25-44(38)56(45-26-11-5-20-39(45)53)47-28-14-29-48-57-46(27-15-31-52(57)60-58(47)48)55-42-23-8-6-21-40(42)54(41-22-7-9-24-43(41)55)36-32-33-51-49(34-36)37-18-12-13-30-50(37)59-51/h1-34H. The van der Waals surface area contributed by atoms with Crippen LogP contribution in [0.4, 0.5) is 0 Å². The molecule has 0 aliphatic carbocycles. The molecule has 0 atom stereocenters. The van der Waals surface area contributed by atoms with Gasteiger partial charge in [-0.2, -0.15) is 0 Å². The molecule has 13 rings (SSSR count). The average molecular weight is 763 g/mol. The van der Waals surface area contributed by atoms with Gasteiger partial charge in [0.2, 0.25) is 0 Å². The molecule has 0 fully saturated rings. The number of rotatable bonds is 4. The largest absolute Gasteiger partial charge is 0.456 e. The molecule has 0 bridgehead atoms. The van der Waals surface area contributed by atoms with Gasteiger partial charge in [-0.15, -0.1) is 0 Å². The molecule has 0 saturated carbocycles. The zero-order valence-corrected chi connectivity index (χ0v) is 32.4. The van der Waals surface area contributed by atoms with Crippen molar-refractivity contribution >= 4 is 87.0 Å². The first-order valence-electron chi connectivity index (χ1n) is 20.6. The van der Waals surface area contributed by atoms with Crippen LogP contribution in [-0.4, -0.2) is 0 Å². The van der Waals surface area contributed by atoms with Crippen molar-refractivity contribution in [1.82, 2.24) is 0 Å². The predicted molar refractivity (Wildman–Crippen MR) is 253 cm³/mol. The van der Waals surface area contributed by atoms with E-state index in [2.05, 4.69) is 194 Å². The summed E-state index contributed by atoms with van der Waals surface area (Å²) in [6.07, 6.45) is 0. The van der Waals surface area contributed by atoms with E-state index in [1.807, 2.05) is 12.1 Å². The maximum atomic E-state index is 7.09. The fraction of sp³-hybridized carbons (Fsp3) is 0. The second-order valence-electron chi connectivity index (χ2n) is 15.8. The zero-order valence-electron chi connectivity index (χ0n) is 32.4. The van der Waals surface area contributed by atoms with E-state index < -0.39 is 0 Å². The van der Waals surface area contributed by atoms with E-state index in [1.54, 1.807) is 0 Å². The van der Waals surface area contributed by atoms with Gasteiger partial charge in [-0.05, 0) is 101 Å². The lowest BCUT2D eigenvalue weighted by molar-refractivity contribution is 0.669. The SMILES string of the molecule is c1ccc(-c2c3ccccc3c(-c3cccc4c3oc3cccc(-c5c6ccccc6c(-c6ccc7oc8ccccc8c7c6)c6ccccc56)c34)c3ccccc23)cc1. The maximum Gasteiger partial charge on any atom is 0.143 e. The van der Waals surface area contributed by atoms with Crippen LogP contribution in [0.5, 0.6) is 0 Å². The molecule has 2 nitrogen and oxygen atoms in total. The zero-order chi connectivity index (χ0) is 39.3. The molecule has 0 amide bonds. The molecule has 2 aromatic heterocycles. The summed E-state index contributed by atoms with van der Waals surface area (Å²) in [5.41, 5.74) is 13.1. The van der Waals surface area contributed by atoms with Crippen LogP contribution in [-0.2, 0) is 0 Å². The lowest BCUT2D eigenvalue weighted by Gasteiger charge is -2.18. The summed E-state index contributed by atoms with van der Waals surface area (Å²) < 4.78 is 13.3. The first-order valence-corrected chi connectivity index (χ1v) is 20.6. The molecular weight excluding hydrogens is 729 g/mol. The Morgan fingerprint density at radius 1 is 0.233 bits per heavy atom. The van der Waals surface area contributed by atoms with Gasteiger partial charge >= 0.3 is 0 Å². The Morgan fingerprint density at radius 2 is 0.667 bits per heavy atom. The number of para-hydroxylation sites is 2. The Morgan fingerprint density at radius 3 is 1.28 bits per heavy atom. The molecule has 2 heteroatoms. The Hall–Kier alpha value is -7.94. The molecule has 0 spiro atoms. The first-order chi connectivity index (χ1) is 29.8. The van der Waals surface area contributed by atoms with E-state index >= 15 is 0 Å². The van der Waals surface area contributed by atoms with E-state index in [9.17, 15) is 0 Å². The minimum atomic E-state index is 0.874. The van der Waals surface area contributed by atoms with Crippen molar-refractivity contribution in [2.24, 2.45) is 0 Å². The molecule has 60 heavy (non-hydrogen) atoms. The van der Waals surface area contributed by atoms with Crippen molar-refractivity contribution < 1.29 is 8.83 Å². The second-order valence-corrected chi connectivity index (χ2v) is 15.8. The number of fused-ring (bicyclic) bond motifs is 10. The summed E-state index contributed by atoms with van der Waals surface area (Å²) in [4.78, 5) is 0. The molecule has 0 aliphatic rings. The van der Waals surface area contributed by atoms with E-state index in [-0.39, 0.29) is 0 Å². The average Bonchev–Trinajstić information content (AvgIpc) is 3.89. The quantitative estimate of drug-likeness (QED) is 0.167. The number of hydrogen-bond acceptors (Lipinski definition) is 2. The number of hydrogen-bond donors (Lipinski definition) is 0. The van der Waals surface area contributed by atoms with Crippen molar-refractivity contribution in [3.63, 3.8) is 0 Å². The second kappa shape index (κ2) is 12.8. The minimum Gasteiger partial charge on any atom is -0.456 e. The third-order valence-corrected chi connectivity index (χ3v) is 12.7. The topological polar surface area (TPSA) is 26.3 Å². The maximum absolute atomic E-state index is 7.09. The highest BCUT2D eigenvalue weighted by Crippen LogP contribution is 2.50. The lowest BCUT2D eigenvalue weighted by Crippen LogP contribution is -1.91. The molecular formula is C58H34O2. The van der Waals surface area contributed by atoms with Gasteiger partial charge in [0.05, 0.1) is 0 Å². The van der Waals surface area contributed by atoms with E-state index in [0.29, 0.717) is 0 Å². The highest BCUT2D eigenvalue weighted by molar-refractivity contribution is 6.28. The summed E-state index contributed by atoms with van der Waals surface area (Å²) in [6.45, 7) is 0. The molecule has 278 valence electrons. The highest BCUT2D eigenvalue weighted by atomic mass is 16.3.